The topological polar surface area (TPSA) is 12.0 Å². The van der Waals surface area contributed by atoms with Crippen LogP contribution in [0, 0.1) is 31.1 Å². The Kier molecular flexibility index (Phi) is 5.88. The van der Waals surface area contributed by atoms with E-state index in [0.717, 1.165) is 12.3 Å². The molecule has 5 rings (SSSR count). The zero-order valence-electron chi connectivity index (χ0n) is 20.4. The third kappa shape index (κ3) is 4.25. The van der Waals surface area contributed by atoms with Gasteiger partial charge in [0.25, 0.3) is 0 Å². The van der Waals surface area contributed by atoms with E-state index in [0.29, 0.717) is 17.3 Å². The Morgan fingerprint density at radius 3 is 2.28 bits per heavy atom. The van der Waals surface area contributed by atoms with Crippen molar-refractivity contribution in [1.29, 1.82) is 0 Å². The van der Waals surface area contributed by atoms with Crippen molar-refractivity contribution >= 4 is 5.57 Å². The van der Waals surface area contributed by atoms with Gasteiger partial charge in [0.05, 0.1) is 0 Å². The summed E-state index contributed by atoms with van der Waals surface area (Å²) in [6.45, 7) is 11.7. The summed E-state index contributed by atoms with van der Waals surface area (Å²) in [5.41, 5.74) is 10.8. The molecule has 0 bridgehead atoms. The quantitative estimate of drug-likeness (QED) is 0.527. The Bertz CT molecular complexity index is 1040. The summed E-state index contributed by atoms with van der Waals surface area (Å²) in [5.74, 6) is 1.99. The molecule has 1 N–H and O–H groups in total. The number of nitrogens with one attached hydrogen (secondary N) is 1. The average Bonchev–Trinajstić information content (AvgIpc) is 3.25. The highest BCUT2D eigenvalue weighted by Gasteiger charge is 2.40. The van der Waals surface area contributed by atoms with Gasteiger partial charge in [0, 0.05) is 13.1 Å². The van der Waals surface area contributed by atoms with Crippen LogP contribution in [0.15, 0.2) is 54.6 Å². The summed E-state index contributed by atoms with van der Waals surface area (Å²) in [5, 5.41) is 3.49. The van der Waals surface area contributed by atoms with Crippen LogP contribution in [-0.4, -0.2) is 13.1 Å². The van der Waals surface area contributed by atoms with Gasteiger partial charge >= 0.3 is 0 Å². The van der Waals surface area contributed by atoms with Crippen LogP contribution in [0.3, 0.4) is 0 Å². The Balaban J connectivity index is 1.30. The predicted molar refractivity (Wildman–Crippen MR) is 137 cm³/mol. The zero-order chi connectivity index (χ0) is 22.3. The van der Waals surface area contributed by atoms with E-state index in [1.165, 1.54) is 72.2 Å². The molecule has 1 atom stereocenters. The fourth-order valence-electron chi connectivity index (χ4n) is 6.13. The number of allylic oxidation sites excluding steroid dienone is 4. The van der Waals surface area contributed by atoms with Gasteiger partial charge in [-0.25, -0.2) is 0 Å². The zero-order valence-corrected chi connectivity index (χ0v) is 20.4. The molecule has 0 aromatic heterocycles. The summed E-state index contributed by atoms with van der Waals surface area (Å²) < 4.78 is 0. The highest BCUT2D eigenvalue weighted by Crippen LogP contribution is 2.45. The number of rotatable bonds is 5. The predicted octanol–water partition coefficient (Wildman–Crippen LogP) is 7.37. The van der Waals surface area contributed by atoms with Crippen molar-refractivity contribution in [1.82, 2.24) is 5.32 Å². The van der Waals surface area contributed by atoms with Gasteiger partial charge in [-0.05, 0) is 108 Å². The molecule has 3 aliphatic rings. The molecule has 1 heteroatoms. The first-order chi connectivity index (χ1) is 15.4. The normalized spacial score (nSPS) is 22.4. The fourth-order valence-corrected chi connectivity index (χ4v) is 6.13. The van der Waals surface area contributed by atoms with E-state index in [2.05, 4.69) is 87.6 Å². The second-order valence-corrected chi connectivity index (χ2v) is 11.2. The molecule has 1 nitrogen and oxygen atoms in total. The Hall–Kier alpha value is -2.12. The minimum atomic E-state index is 0.568. The van der Waals surface area contributed by atoms with E-state index >= 15 is 0 Å². The first-order valence-electron chi connectivity index (χ1n) is 12.7. The van der Waals surface area contributed by atoms with Crippen molar-refractivity contribution in [2.75, 3.05) is 13.1 Å². The standard InChI is InChI=1S/C31H39N/c1-21(2)27-8-9-28(18-27)30-17-25(6-5-22(30)3)16-24-7-10-29(23(4)15-24)26-11-13-31(14-12-26)19-32-20-31/h5-10,15,17-18,21,26-27,32H,11-14,16,19-20H2,1-4H3. The smallest absolute Gasteiger partial charge is 0.00202 e. The molecule has 1 heterocycles. The number of hydrogen-bond acceptors (Lipinski definition) is 1. The summed E-state index contributed by atoms with van der Waals surface area (Å²) >= 11 is 0. The highest BCUT2D eigenvalue weighted by atomic mass is 15.0. The molecule has 1 unspecified atom stereocenters. The first-order valence-corrected chi connectivity index (χ1v) is 12.7. The van der Waals surface area contributed by atoms with Crippen molar-refractivity contribution in [2.24, 2.45) is 17.3 Å². The van der Waals surface area contributed by atoms with Crippen LogP contribution in [0.25, 0.3) is 5.57 Å². The number of benzene rings is 2. The van der Waals surface area contributed by atoms with Gasteiger partial charge in [0.2, 0.25) is 0 Å². The SMILES string of the molecule is Cc1ccc(Cc2ccc(C3CCC4(CC3)CNC4)c(C)c2)cc1C1=CC(C(C)C)C=C1. The van der Waals surface area contributed by atoms with Crippen molar-refractivity contribution in [3.8, 4) is 0 Å². The van der Waals surface area contributed by atoms with Crippen molar-refractivity contribution < 1.29 is 0 Å². The van der Waals surface area contributed by atoms with Gasteiger partial charge in [0.15, 0.2) is 0 Å². The summed E-state index contributed by atoms with van der Waals surface area (Å²) in [6.07, 6.45) is 13.7. The van der Waals surface area contributed by atoms with Crippen LogP contribution in [0.5, 0.6) is 0 Å². The Morgan fingerprint density at radius 2 is 1.66 bits per heavy atom. The van der Waals surface area contributed by atoms with Crippen LogP contribution in [0.4, 0.5) is 0 Å². The minimum absolute atomic E-state index is 0.568. The summed E-state index contributed by atoms with van der Waals surface area (Å²) in [4.78, 5) is 0. The Labute approximate surface area is 195 Å². The maximum atomic E-state index is 3.49. The lowest BCUT2D eigenvalue weighted by atomic mass is 9.65. The van der Waals surface area contributed by atoms with Gasteiger partial charge in [-0.2, -0.15) is 0 Å². The molecule has 2 aliphatic carbocycles. The monoisotopic (exact) mass is 425 g/mol. The van der Waals surface area contributed by atoms with E-state index < -0.39 is 0 Å². The van der Waals surface area contributed by atoms with Crippen LogP contribution in [0.2, 0.25) is 0 Å². The fraction of sp³-hybridized carbons (Fsp3) is 0.484. The second kappa shape index (κ2) is 8.67. The Morgan fingerprint density at radius 1 is 0.938 bits per heavy atom. The number of hydrogen-bond donors (Lipinski definition) is 1. The van der Waals surface area contributed by atoms with Gasteiger partial charge in [0.1, 0.15) is 0 Å². The van der Waals surface area contributed by atoms with E-state index in [4.69, 9.17) is 0 Å². The van der Waals surface area contributed by atoms with E-state index in [-0.39, 0.29) is 0 Å². The molecule has 2 fully saturated rings. The van der Waals surface area contributed by atoms with E-state index in [1.54, 1.807) is 5.56 Å². The number of aryl methyl sites for hydroxylation is 2. The van der Waals surface area contributed by atoms with Crippen molar-refractivity contribution in [3.63, 3.8) is 0 Å². The maximum absolute atomic E-state index is 3.49. The van der Waals surface area contributed by atoms with Crippen LogP contribution in [-0.2, 0) is 6.42 Å². The third-order valence-electron chi connectivity index (χ3n) is 8.48. The van der Waals surface area contributed by atoms with Crippen LogP contribution in [0.1, 0.15) is 78.8 Å². The van der Waals surface area contributed by atoms with E-state index in [1.807, 2.05) is 0 Å². The molecule has 2 aromatic rings. The average molecular weight is 426 g/mol. The first kappa shape index (κ1) is 21.7. The molecule has 1 spiro atoms. The second-order valence-electron chi connectivity index (χ2n) is 11.2. The lowest BCUT2D eigenvalue weighted by Crippen LogP contribution is -2.54. The lowest BCUT2D eigenvalue weighted by Gasteiger charge is -2.47. The molecule has 168 valence electrons. The third-order valence-corrected chi connectivity index (χ3v) is 8.48. The summed E-state index contributed by atoms with van der Waals surface area (Å²) in [7, 11) is 0. The molecule has 2 aromatic carbocycles. The molecule has 0 radical (unpaired) electrons. The molecule has 32 heavy (non-hydrogen) atoms. The highest BCUT2D eigenvalue weighted by molar-refractivity contribution is 5.79. The molecular formula is C31H39N. The lowest BCUT2D eigenvalue weighted by molar-refractivity contribution is 0.0974. The van der Waals surface area contributed by atoms with Crippen LogP contribution < -0.4 is 5.32 Å². The molecular weight excluding hydrogens is 386 g/mol. The summed E-state index contributed by atoms with van der Waals surface area (Å²) in [6, 6.07) is 14.3. The molecule has 0 amide bonds. The molecule has 1 saturated carbocycles. The van der Waals surface area contributed by atoms with Crippen molar-refractivity contribution in [3.05, 3.63) is 88.0 Å². The molecule has 1 aliphatic heterocycles. The van der Waals surface area contributed by atoms with Gasteiger partial charge in [-0.1, -0.05) is 68.5 Å². The van der Waals surface area contributed by atoms with Crippen LogP contribution >= 0.6 is 0 Å². The minimum Gasteiger partial charge on any atom is -0.316 e. The maximum Gasteiger partial charge on any atom is 0.00202 e. The van der Waals surface area contributed by atoms with Crippen molar-refractivity contribution in [2.45, 2.75) is 65.7 Å². The van der Waals surface area contributed by atoms with Gasteiger partial charge in [-0.3, -0.25) is 0 Å². The van der Waals surface area contributed by atoms with Gasteiger partial charge in [-0.15, -0.1) is 0 Å². The van der Waals surface area contributed by atoms with E-state index in [9.17, 15) is 0 Å². The van der Waals surface area contributed by atoms with Gasteiger partial charge < -0.3 is 5.32 Å². The molecule has 1 saturated heterocycles. The largest absolute Gasteiger partial charge is 0.316 e.